The van der Waals surface area contributed by atoms with Crippen LogP contribution in [0.25, 0.3) is 11.3 Å². The summed E-state index contributed by atoms with van der Waals surface area (Å²) < 4.78 is 4.98. The molecule has 6 nitrogen and oxygen atoms in total. The highest BCUT2D eigenvalue weighted by atomic mass is 35.5. The molecule has 0 aliphatic carbocycles. The molecule has 0 spiro atoms. The van der Waals surface area contributed by atoms with Gasteiger partial charge in [0.25, 0.3) is 5.91 Å². The van der Waals surface area contributed by atoms with Gasteiger partial charge in [0.05, 0.1) is 12.5 Å². The number of hydrogen-bond acceptors (Lipinski definition) is 4. The Morgan fingerprint density at radius 3 is 2.46 bits per heavy atom. The zero-order valence-corrected chi connectivity index (χ0v) is 14.4. The molecule has 1 aromatic heterocycles. The van der Waals surface area contributed by atoms with E-state index in [1.807, 2.05) is 30.3 Å². The Morgan fingerprint density at radius 1 is 1.12 bits per heavy atom. The van der Waals surface area contributed by atoms with E-state index >= 15 is 0 Å². The quantitative estimate of drug-likeness (QED) is 0.696. The predicted octanol–water partition coefficient (Wildman–Crippen LogP) is 3.34. The van der Waals surface area contributed by atoms with Gasteiger partial charge in [-0.2, -0.15) is 0 Å². The number of primary amides is 1. The standard InChI is InChI=1S/C19H16ClN3O3/c20-14-8-6-13(7-9-14)18-15(11-26-23-18)19(25)22-16(10-17(21)24)12-4-2-1-3-5-12/h1-9,11,16H,10H2,(H2,21,24)(H,22,25)/t16-/m0/s1. The molecule has 0 fully saturated rings. The van der Waals surface area contributed by atoms with Crippen LogP contribution in [0.2, 0.25) is 5.02 Å². The minimum Gasteiger partial charge on any atom is -0.370 e. The van der Waals surface area contributed by atoms with E-state index in [9.17, 15) is 9.59 Å². The fourth-order valence-electron chi connectivity index (χ4n) is 2.59. The van der Waals surface area contributed by atoms with Crippen LogP contribution in [0.3, 0.4) is 0 Å². The highest BCUT2D eigenvalue weighted by molar-refractivity contribution is 6.30. The maximum Gasteiger partial charge on any atom is 0.257 e. The number of nitrogens with two attached hydrogens (primary N) is 1. The van der Waals surface area contributed by atoms with Crippen molar-refractivity contribution in [3.63, 3.8) is 0 Å². The molecular weight excluding hydrogens is 354 g/mol. The van der Waals surface area contributed by atoms with Gasteiger partial charge in [0.15, 0.2) is 0 Å². The van der Waals surface area contributed by atoms with E-state index in [1.165, 1.54) is 6.26 Å². The molecule has 1 atom stereocenters. The first-order valence-corrected chi connectivity index (χ1v) is 8.27. The summed E-state index contributed by atoms with van der Waals surface area (Å²) in [5.74, 6) is -0.923. The third kappa shape index (κ3) is 4.10. The molecule has 1 heterocycles. The Morgan fingerprint density at radius 2 is 1.81 bits per heavy atom. The van der Waals surface area contributed by atoms with Crippen molar-refractivity contribution in [2.24, 2.45) is 5.73 Å². The first kappa shape index (κ1) is 17.7. The fourth-order valence-corrected chi connectivity index (χ4v) is 2.71. The molecule has 7 heteroatoms. The Kier molecular flexibility index (Phi) is 5.34. The molecule has 2 aromatic carbocycles. The molecule has 2 amide bonds. The molecule has 0 saturated heterocycles. The average molecular weight is 370 g/mol. The number of rotatable bonds is 6. The molecule has 0 bridgehead atoms. The lowest BCUT2D eigenvalue weighted by Crippen LogP contribution is -2.31. The summed E-state index contributed by atoms with van der Waals surface area (Å²) in [6.07, 6.45) is 1.25. The highest BCUT2D eigenvalue weighted by Crippen LogP contribution is 2.25. The number of benzene rings is 2. The molecule has 26 heavy (non-hydrogen) atoms. The van der Waals surface area contributed by atoms with Crippen LogP contribution in [0.1, 0.15) is 28.4 Å². The van der Waals surface area contributed by atoms with Crippen LogP contribution in [0.4, 0.5) is 0 Å². The van der Waals surface area contributed by atoms with Crippen molar-refractivity contribution in [2.75, 3.05) is 0 Å². The van der Waals surface area contributed by atoms with E-state index in [1.54, 1.807) is 24.3 Å². The number of hydrogen-bond donors (Lipinski definition) is 2. The Labute approximate surface area is 154 Å². The second kappa shape index (κ2) is 7.84. The summed E-state index contributed by atoms with van der Waals surface area (Å²) in [7, 11) is 0. The molecule has 3 aromatic rings. The zero-order valence-electron chi connectivity index (χ0n) is 13.7. The van der Waals surface area contributed by atoms with Gasteiger partial charge in [-0.3, -0.25) is 9.59 Å². The molecular formula is C19H16ClN3O3. The monoisotopic (exact) mass is 369 g/mol. The van der Waals surface area contributed by atoms with Crippen molar-refractivity contribution >= 4 is 23.4 Å². The van der Waals surface area contributed by atoms with Crippen LogP contribution in [-0.4, -0.2) is 17.0 Å². The summed E-state index contributed by atoms with van der Waals surface area (Å²) >= 11 is 5.89. The Hall–Kier alpha value is -3.12. The molecule has 132 valence electrons. The third-order valence-electron chi connectivity index (χ3n) is 3.84. The molecule has 3 rings (SSSR count). The smallest absolute Gasteiger partial charge is 0.257 e. The second-order valence-electron chi connectivity index (χ2n) is 5.69. The number of carbonyl (C=O) groups is 2. The third-order valence-corrected chi connectivity index (χ3v) is 4.10. The van der Waals surface area contributed by atoms with Crippen molar-refractivity contribution in [3.8, 4) is 11.3 Å². The lowest BCUT2D eigenvalue weighted by molar-refractivity contribution is -0.118. The second-order valence-corrected chi connectivity index (χ2v) is 6.13. The highest BCUT2D eigenvalue weighted by Gasteiger charge is 2.22. The maximum absolute atomic E-state index is 12.7. The van der Waals surface area contributed by atoms with Crippen molar-refractivity contribution in [3.05, 3.63) is 77.0 Å². The molecule has 0 aliphatic heterocycles. The summed E-state index contributed by atoms with van der Waals surface area (Å²) in [4.78, 5) is 24.1. The number of nitrogens with zero attached hydrogens (tertiary/aromatic N) is 1. The molecule has 0 unspecified atom stereocenters. The average Bonchev–Trinajstić information content (AvgIpc) is 3.12. The lowest BCUT2D eigenvalue weighted by Gasteiger charge is -2.17. The number of nitrogens with one attached hydrogen (secondary N) is 1. The van der Waals surface area contributed by atoms with Gasteiger partial charge in [0.2, 0.25) is 5.91 Å². The summed E-state index contributed by atoms with van der Waals surface area (Å²) in [6.45, 7) is 0. The van der Waals surface area contributed by atoms with E-state index in [4.69, 9.17) is 21.9 Å². The number of halogens is 1. The minimum absolute atomic E-state index is 0.0166. The number of aromatic nitrogens is 1. The van der Waals surface area contributed by atoms with Crippen LogP contribution >= 0.6 is 11.6 Å². The lowest BCUT2D eigenvalue weighted by atomic mass is 10.0. The SMILES string of the molecule is NC(=O)C[C@H](NC(=O)c1conc1-c1ccc(Cl)cc1)c1ccccc1. The summed E-state index contributed by atoms with van der Waals surface area (Å²) in [6, 6.07) is 15.5. The van der Waals surface area contributed by atoms with Gasteiger partial charge in [0.1, 0.15) is 17.5 Å². The Balaban J connectivity index is 1.86. The van der Waals surface area contributed by atoms with E-state index in [0.717, 1.165) is 5.56 Å². The van der Waals surface area contributed by atoms with E-state index < -0.39 is 17.9 Å². The van der Waals surface area contributed by atoms with Gasteiger partial charge in [-0.25, -0.2) is 0 Å². The Bertz CT molecular complexity index is 907. The number of carbonyl (C=O) groups excluding carboxylic acids is 2. The van der Waals surface area contributed by atoms with Gasteiger partial charge >= 0.3 is 0 Å². The first-order chi connectivity index (χ1) is 12.5. The minimum atomic E-state index is -0.547. The van der Waals surface area contributed by atoms with Gasteiger partial charge in [-0.05, 0) is 17.7 Å². The summed E-state index contributed by atoms with van der Waals surface area (Å²) in [5, 5.41) is 7.31. The molecule has 0 saturated carbocycles. The molecule has 0 radical (unpaired) electrons. The predicted molar refractivity (Wildman–Crippen MR) is 97.4 cm³/mol. The van der Waals surface area contributed by atoms with Crippen LogP contribution in [0, 0.1) is 0 Å². The van der Waals surface area contributed by atoms with Crippen LogP contribution in [0.5, 0.6) is 0 Å². The van der Waals surface area contributed by atoms with Crippen LogP contribution < -0.4 is 11.1 Å². The van der Waals surface area contributed by atoms with Gasteiger partial charge < -0.3 is 15.6 Å². The van der Waals surface area contributed by atoms with E-state index in [0.29, 0.717) is 16.3 Å². The molecule has 3 N–H and O–H groups in total. The van der Waals surface area contributed by atoms with E-state index in [-0.39, 0.29) is 12.0 Å². The topological polar surface area (TPSA) is 98.2 Å². The van der Waals surface area contributed by atoms with Crippen LogP contribution in [-0.2, 0) is 4.79 Å². The zero-order chi connectivity index (χ0) is 18.5. The summed E-state index contributed by atoms with van der Waals surface area (Å²) in [5.41, 5.74) is 7.46. The van der Waals surface area contributed by atoms with Crippen molar-refractivity contribution in [1.29, 1.82) is 0 Å². The number of amides is 2. The van der Waals surface area contributed by atoms with Gasteiger partial charge in [-0.15, -0.1) is 0 Å². The van der Waals surface area contributed by atoms with Crippen molar-refractivity contribution < 1.29 is 14.1 Å². The van der Waals surface area contributed by atoms with Gasteiger partial charge in [0, 0.05) is 10.6 Å². The van der Waals surface area contributed by atoms with Gasteiger partial charge in [-0.1, -0.05) is 59.2 Å². The normalized spacial score (nSPS) is 11.7. The largest absolute Gasteiger partial charge is 0.370 e. The molecule has 0 aliphatic rings. The van der Waals surface area contributed by atoms with Crippen molar-refractivity contribution in [2.45, 2.75) is 12.5 Å². The fraction of sp³-hybridized carbons (Fsp3) is 0.105. The van der Waals surface area contributed by atoms with Crippen molar-refractivity contribution in [1.82, 2.24) is 10.5 Å². The maximum atomic E-state index is 12.7. The first-order valence-electron chi connectivity index (χ1n) is 7.89. The van der Waals surface area contributed by atoms with Crippen LogP contribution in [0.15, 0.2) is 65.4 Å². The van der Waals surface area contributed by atoms with E-state index in [2.05, 4.69) is 10.5 Å².